The van der Waals surface area contributed by atoms with Crippen LogP contribution in [0.4, 0.5) is 5.82 Å². The van der Waals surface area contributed by atoms with Crippen molar-refractivity contribution in [1.29, 1.82) is 0 Å². The van der Waals surface area contributed by atoms with Crippen LogP contribution in [0.25, 0.3) is 0 Å². The molecule has 84 valence electrons. The molecule has 0 saturated heterocycles. The van der Waals surface area contributed by atoms with Gasteiger partial charge in [0.25, 0.3) is 0 Å². The van der Waals surface area contributed by atoms with Crippen LogP contribution in [0.2, 0.25) is 0 Å². The number of nitrogens with two attached hydrogens (primary N) is 1. The highest BCUT2D eigenvalue weighted by atomic mass is 127. The standard InChI is InChI=1S/C9H14IN2O2P/c1-7(13-4-5-14-15-10)8-2-3-12-9(11)6-8/h2-3,6-7,15H,4-5H2,1H3,(H2,11,12). The molecule has 0 aliphatic rings. The minimum absolute atomic E-state index is 0.0245. The van der Waals surface area contributed by atoms with E-state index in [1.165, 1.54) is 0 Å². The van der Waals surface area contributed by atoms with Crippen molar-refractivity contribution in [2.24, 2.45) is 0 Å². The first-order valence-electron chi connectivity index (χ1n) is 4.54. The fourth-order valence-corrected chi connectivity index (χ4v) is 1.94. The maximum absolute atomic E-state index is 5.58. The molecule has 0 aromatic carbocycles. The van der Waals surface area contributed by atoms with Crippen molar-refractivity contribution >= 4 is 34.3 Å². The Labute approximate surface area is 104 Å². The first-order chi connectivity index (χ1) is 7.24. The third-order valence-electron chi connectivity index (χ3n) is 1.88. The van der Waals surface area contributed by atoms with Gasteiger partial charge in [0.1, 0.15) is 5.82 Å². The van der Waals surface area contributed by atoms with Crippen LogP contribution in [0.5, 0.6) is 0 Å². The Hall–Kier alpha value is 0.0300. The number of ether oxygens (including phenoxy) is 1. The predicted octanol–water partition coefficient (Wildman–Crippen LogP) is 2.70. The predicted molar refractivity (Wildman–Crippen MR) is 71.3 cm³/mol. The second-order valence-corrected chi connectivity index (χ2v) is 4.72. The van der Waals surface area contributed by atoms with Gasteiger partial charge < -0.3 is 15.0 Å². The van der Waals surface area contributed by atoms with Crippen molar-refractivity contribution in [3.05, 3.63) is 23.9 Å². The summed E-state index contributed by atoms with van der Waals surface area (Å²) in [6.07, 6.45) is 1.71. The summed E-state index contributed by atoms with van der Waals surface area (Å²) >= 11 is 2.19. The number of nitrogens with zero attached hydrogens (tertiary/aromatic N) is 1. The molecule has 2 unspecified atom stereocenters. The molecular formula is C9H14IN2O2P. The van der Waals surface area contributed by atoms with Gasteiger partial charge in [-0.15, -0.1) is 0 Å². The molecule has 6 heteroatoms. The van der Waals surface area contributed by atoms with Crippen LogP contribution in [-0.4, -0.2) is 18.2 Å². The quantitative estimate of drug-likeness (QED) is 0.492. The Morgan fingerprint density at radius 1 is 1.60 bits per heavy atom. The van der Waals surface area contributed by atoms with Gasteiger partial charge in [0, 0.05) is 6.20 Å². The number of hydrogen-bond donors (Lipinski definition) is 1. The summed E-state index contributed by atoms with van der Waals surface area (Å²) in [6, 6.07) is 3.73. The summed E-state index contributed by atoms with van der Waals surface area (Å²) in [6.45, 7) is 3.70. The van der Waals surface area contributed by atoms with Crippen molar-refractivity contribution in [2.45, 2.75) is 13.0 Å². The lowest BCUT2D eigenvalue weighted by Gasteiger charge is -2.13. The maximum Gasteiger partial charge on any atom is 0.123 e. The average molecular weight is 340 g/mol. The first kappa shape index (κ1) is 13.1. The fraction of sp³-hybridized carbons (Fsp3) is 0.444. The molecule has 0 aliphatic carbocycles. The molecule has 0 radical (unpaired) electrons. The summed E-state index contributed by atoms with van der Waals surface area (Å²) in [7, 11) is 0. The summed E-state index contributed by atoms with van der Waals surface area (Å²) in [5, 5.41) is 0. The highest BCUT2D eigenvalue weighted by Crippen LogP contribution is 2.22. The van der Waals surface area contributed by atoms with Gasteiger partial charge in [-0.05, 0) is 46.7 Å². The van der Waals surface area contributed by atoms with Crippen molar-refractivity contribution in [1.82, 2.24) is 4.98 Å². The summed E-state index contributed by atoms with van der Waals surface area (Å²) in [4.78, 5) is 3.93. The van der Waals surface area contributed by atoms with Crippen LogP contribution in [0.3, 0.4) is 0 Å². The van der Waals surface area contributed by atoms with Crippen LogP contribution < -0.4 is 5.73 Å². The minimum atomic E-state index is 0.0245. The first-order valence-corrected chi connectivity index (χ1v) is 8.56. The Bertz CT molecular complexity index is 301. The lowest BCUT2D eigenvalue weighted by atomic mass is 10.2. The van der Waals surface area contributed by atoms with Crippen molar-refractivity contribution in [3.63, 3.8) is 0 Å². The zero-order chi connectivity index (χ0) is 11.1. The maximum atomic E-state index is 5.58. The van der Waals surface area contributed by atoms with Gasteiger partial charge in [0.2, 0.25) is 0 Å². The SMILES string of the molecule is CC(OCCOPI)c1ccnc(N)c1. The Morgan fingerprint density at radius 2 is 2.40 bits per heavy atom. The van der Waals surface area contributed by atoms with E-state index < -0.39 is 0 Å². The number of pyridine rings is 1. The Kier molecular flexibility index (Phi) is 6.40. The van der Waals surface area contributed by atoms with E-state index in [1.54, 1.807) is 6.20 Å². The molecule has 15 heavy (non-hydrogen) atoms. The molecule has 2 N–H and O–H groups in total. The summed E-state index contributed by atoms with van der Waals surface area (Å²) in [5.74, 6) is 0.521. The van der Waals surface area contributed by atoms with E-state index in [1.807, 2.05) is 19.1 Å². The second-order valence-electron chi connectivity index (χ2n) is 2.95. The number of nitrogen functional groups attached to an aromatic ring is 1. The summed E-state index contributed by atoms with van der Waals surface area (Å²) < 4.78 is 10.8. The van der Waals surface area contributed by atoms with Gasteiger partial charge in [-0.3, -0.25) is 0 Å². The molecule has 1 heterocycles. The number of anilines is 1. The highest BCUT2D eigenvalue weighted by molar-refractivity contribution is 14.2. The van der Waals surface area contributed by atoms with Gasteiger partial charge in [-0.1, -0.05) is 0 Å². The molecule has 0 amide bonds. The van der Waals surface area contributed by atoms with Crippen molar-refractivity contribution in [3.8, 4) is 0 Å². The lowest BCUT2D eigenvalue weighted by Crippen LogP contribution is -2.05. The molecule has 1 rings (SSSR count). The van der Waals surface area contributed by atoms with Crippen molar-refractivity contribution < 1.29 is 9.26 Å². The second kappa shape index (κ2) is 7.33. The van der Waals surface area contributed by atoms with E-state index in [0.29, 0.717) is 25.5 Å². The van der Waals surface area contributed by atoms with E-state index in [9.17, 15) is 0 Å². The van der Waals surface area contributed by atoms with Crippen molar-refractivity contribution in [2.75, 3.05) is 18.9 Å². The molecule has 0 bridgehead atoms. The number of halogens is 1. The van der Waals surface area contributed by atoms with E-state index in [2.05, 4.69) is 27.0 Å². The van der Waals surface area contributed by atoms with Crippen LogP contribution in [0.15, 0.2) is 18.3 Å². The molecule has 2 atom stereocenters. The monoisotopic (exact) mass is 340 g/mol. The normalized spacial score (nSPS) is 13.5. The third-order valence-corrected chi connectivity index (χ3v) is 3.13. The molecule has 0 spiro atoms. The largest absolute Gasteiger partial charge is 0.384 e. The molecule has 0 aliphatic heterocycles. The lowest BCUT2D eigenvalue weighted by molar-refractivity contribution is 0.0475. The number of rotatable bonds is 6. The van der Waals surface area contributed by atoms with Crippen LogP contribution in [0, 0.1) is 0 Å². The van der Waals surface area contributed by atoms with E-state index in [0.717, 1.165) is 5.56 Å². The molecule has 4 nitrogen and oxygen atoms in total. The summed E-state index contributed by atoms with van der Waals surface area (Å²) in [5.41, 5.74) is 6.62. The minimum Gasteiger partial charge on any atom is -0.384 e. The molecule has 0 fully saturated rings. The number of aromatic nitrogens is 1. The van der Waals surface area contributed by atoms with E-state index >= 15 is 0 Å². The Balaban J connectivity index is 2.36. The molecular weight excluding hydrogens is 326 g/mol. The van der Waals surface area contributed by atoms with Gasteiger partial charge in [-0.2, -0.15) is 0 Å². The number of hydrogen-bond acceptors (Lipinski definition) is 4. The fourth-order valence-electron chi connectivity index (χ4n) is 1.12. The average Bonchev–Trinajstić information content (AvgIpc) is 2.24. The van der Waals surface area contributed by atoms with Crippen LogP contribution >= 0.6 is 28.5 Å². The van der Waals surface area contributed by atoms with Crippen LogP contribution in [-0.2, 0) is 9.26 Å². The highest BCUT2D eigenvalue weighted by Gasteiger charge is 2.05. The molecule has 1 aromatic heterocycles. The van der Waals surface area contributed by atoms with Gasteiger partial charge in [0.15, 0.2) is 0 Å². The molecule has 1 aromatic rings. The van der Waals surface area contributed by atoms with E-state index in [-0.39, 0.29) is 6.10 Å². The van der Waals surface area contributed by atoms with Gasteiger partial charge >= 0.3 is 0 Å². The zero-order valence-corrected chi connectivity index (χ0v) is 11.6. The van der Waals surface area contributed by atoms with Gasteiger partial charge in [0.05, 0.1) is 25.8 Å². The van der Waals surface area contributed by atoms with E-state index in [4.69, 9.17) is 15.0 Å². The third kappa shape index (κ3) is 5.06. The van der Waals surface area contributed by atoms with Crippen LogP contribution in [0.1, 0.15) is 18.6 Å². The molecule has 0 saturated carbocycles. The smallest absolute Gasteiger partial charge is 0.123 e. The van der Waals surface area contributed by atoms with Gasteiger partial charge in [-0.25, -0.2) is 4.98 Å². The Morgan fingerprint density at radius 3 is 3.07 bits per heavy atom. The zero-order valence-electron chi connectivity index (χ0n) is 8.44. The topological polar surface area (TPSA) is 57.4 Å².